The first-order chi connectivity index (χ1) is 10.8. The van der Waals surface area contributed by atoms with Crippen molar-refractivity contribution in [3.8, 4) is 0 Å². The highest BCUT2D eigenvalue weighted by molar-refractivity contribution is 5.94. The van der Waals surface area contributed by atoms with Gasteiger partial charge >= 0.3 is 5.97 Å². The predicted octanol–water partition coefficient (Wildman–Crippen LogP) is 2.10. The largest absolute Gasteiger partial charge is 0.461 e. The summed E-state index contributed by atoms with van der Waals surface area (Å²) in [6.07, 6.45) is 0. The summed E-state index contributed by atoms with van der Waals surface area (Å²) in [4.78, 5) is 34.3. The van der Waals surface area contributed by atoms with Gasteiger partial charge in [0.05, 0.1) is 6.54 Å². The second-order valence-electron chi connectivity index (χ2n) is 5.78. The molecule has 0 saturated carbocycles. The van der Waals surface area contributed by atoms with E-state index in [0.717, 1.165) is 5.56 Å². The summed E-state index contributed by atoms with van der Waals surface area (Å²) < 4.78 is 4.88. The van der Waals surface area contributed by atoms with Gasteiger partial charge in [0.15, 0.2) is 0 Å². The summed E-state index contributed by atoms with van der Waals surface area (Å²) >= 11 is 0. The van der Waals surface area contributed by atoms with Gasteiger partial charge in [0.2, 0.25) is 11.8 Å². The minimum absolute atomic E-state index is 0.0644. The average molecular weight is 320 g/mol. The molecule has 0 heterocycles. The lowest BCUT2D eigenvalue weighted by atomic mass is 9.97. The van der Waals surface area contributed by atoms with Crippen LogP contribution in [0.25, 0.3) is 0 Å². The summed E-state index contributed by atoms with van der Waals surface area (Å²) in [6, 6.07) is 6.96. The number of ether oxygens (including phenoxy) is 1. The lowest BCUT2D eigenvalue weighted by Crippen LogP contribution is -2.37. The highest BCUT2D eigenvalue weighted by Gasteiger charge is 2.16. The normalized spacial score (nSPS) is 11.7. The van der Waals surface area contributed by atoms with Crippen LogP contribution in [0.4, 0.5) is 5.69 Å². The zero-order chi connectivity index (χ0) is 17.4. The molecular formula is C17H24N2O4. The third-order valence-corrected chi connectivity index (χ3v) is 3.52. The van der Waals surface area contributed by atoms with Crippen LogP contribution in [-0.4, -0.2) is 24.3 Å². The first kappa shape index (κ1) is 18.7. The van der Waals surface area contributed by atoms with Gasteiger partial charge in [-0.15, -0.1) is 0 Å². The SMILES string of the molecule is CC(=O)OCc1ccc(NC(=O)CNC(=O)[C@@H](C)C(C)C)cc1. The molecule has 0 saturated heterocycles. The Morgan fingerprint density at radius 3 is 2.22 bits per heavy atom. The Labute approximate surface area is 136 Å². The fourth-order valence-electron chi connectivity index (χ4n) is 1.71. The van der Waals surface area contributed by atoms with E-state index in [1.165, 1.54) is 6.92 Å². The standard InChI is InChI=1S/C17H24N2O4/c1-11(2)12(3)17(22)18-9-16(21)19-15-7-5-14(6-8-15)10-23-13(4)20/h5-8,11-12H,9-10H2,1-4H3,(H,18,22)(H,19,21)/t12-/m0/s1. The summed E-state index contributed by atoms with van der Waals surface area (Å²) in [6.45, 7) is 7.24. The first-order valence-corrected chi connectivity index (χ1v) is 7.59. The molecule has 6 heteroatoms. The van der Waals surface area contributed by atoms with Crippen molar-refractivity contribution in [1.82, 2.24) is 5.32 Å². The number of rotatable bonds is 7. The monoisotopic (exact) mass is 320 g/mol. The van der Waals surface area contributed by atoms with Crippen LogP contribution in [-0.2, 0) is 25.7 Å². The van der Waals surface area contributed by atoms with E-state index in [1.807, 2.05) is 20.8 Å². The molecule has 1 aromatic rings. The number of esters is 1. The zero-order valence-electron chi connectivity index (χ0n) is 14.0. The molecule has 0 fully saturated rings. The number of carbonyl (C=O) groups excluding carboxylic acids is 3. The summed E-state index contributed by atoms with van der Waals surface area (Å²) in [5.41, 5.74) is 1.45. The van der Waals surface area contributed by atoms with Crippen molar-refractivity contribution >= 4 is 23.5 Å². The van der Waals surface area contributed by atoms with Crippen molar-refractivity contribution < 1.29 is 19.1 Å². The Kier molecular flexibility index (Phi) is 7.25. The third kappa shape index (κ3) is 6.95. The van der Waals surface area contributed by atoms with Crippen molar-refractivity contribution in [2.75, 3.05) is 11.9 Å². The highest BCUT2D eigenvalue weighted by atomic mass is 16.5. The molecule has 1 aromatic carbocycles. The molecule has 0 aliphatic rings. The van der Waals surface area contributed by atoms with Gasteiger partial charge in [0.1, 0.15) is 6.61 Å². The van der Waals surface area contributed by atoms with Crippen molar-refractivity contribution in [3.63, 3.8) is 0 Å². The highest BCUT2D eigenvalue weighted by Crippen LogP contribution is 2.11. The van der Waals surface area contributed by atoms with Crippen molar-refractivity contribution in [3.05, 3.63) is 29.8 Å². The van der Waals surface area contributed by atoms with E-state index in [4.69, 9.17) is 4.74 Å². The molecule has 1 atom stereocenters. The van der Waals surface area contributed by atoms with E-state index in [-0.39, 0.29) is 42.8 Å². The van der Waals surface area contributed by atoms with Gasteiger partial charge in [-0.2, -0.15) is 0 Å². The molecule has 2 amide bonds. The van der Waals surface area contributed by atoms with E-state index in [1.54, 1.807) is 24.3 Å². The molecular weight excluding hydrogens is 296 g/mol. The maximum absolute atomic E-state index is 11.8. The number of carbonyl (C=O) groups is 3. The molecule has 6 nitrogen and oxygen atoms in total. The summed E-state index contributed by atoms with van der Waals surface area (Å²) in [5, 5.41) is 5.32. The van der Waals surface area contributed by atoms with Crippen LogP contribution in [0, 0.1) is 11.8 Å². The molecule has 126 valence electrons. The Morgan fingerprint density at radius 2 is 1.70 bits per heavy atom. The number of hydrogen-bond acceptors (Lipinski definition) is 4. The van der Waals surface area contributed by atoms with Gasteiger partial charge in [0, 0.05) is 18.5 Å². The van der Waals surface area contributed by atoms with E-state index < -0.39 is 0 Å². The molecule has 1 rings (SSSR count). The number of anilines is 1. The predicted molar refractivity (Wildman–Crippen MR) is 87.6 cm³/mol. The number of amides is 2. The Hall–Kier alpha value is -2.37. The number of benzene rings is 1. The van der Waals surface area contributed by atoms with E-state index >= 15 is 0 Å². The Morgan fingerprint density at radius 1 is 1.09 bits per heavy atom. The molecule has 0 aliphatic carbocycles. The lowest BCUT2D eigenvalue weighted by molar-refractivity contribution is -0.142. The Balaban J connectivity index is 2.42. The van der Waals surface area contributed by atoms with E-state index in [2.05, 4.69) is 10.6 Å². The summed E-state index contributed by atoms with van der Waals surface area (Å²) in [5.74, 6) is -0.672. The molecule has 0 aliphatic heterocycles. The van der Waals surface area contributed by atoms with Crippen LogP contribution >= 0.6 is 0 Å². The van der Waals surface area contributed by atoms with Gasteiger partial charge in [-0.25, -0.2) is 0 Å². The molecule has 0 radical (unpaired) electrons. The van der Waals surface area contributed by atoms with Gasteiger partial charge in [0.25, 0.3) is 0 Å². The fourth-order valence-corrected chi connectivity index (χ4v) is 1.71. The van der Waals surface area contributed by atoms with Crippen molar-refractivity contribution in [2.24, 2.45) is 11.8 Å². The molecule has 23 heavy (non-hydrogen) atoms. The quantitative estimate of drug-likeness (QED) is 0.754. The van der Waals surface area contributed by atoms with Gasteiger partial charge in [-0.05, 0) is 23.6 Å². The zero-order valence-corrected chi connectivity index (χ0v) is 14.0. The molecule has 0 unspecified atom stereocenters. The van der Waals surface area contributed by atoms with Crippen LogP contribution in [0.5, 0.6) is 0 Å². The first-order valence-electron chi connectivity index (χ1n) is 7.59. The summed E-state index contributed by atoms with van der Waals surface area (Å²) in [7, 11) is 0. The minimum atomic E-state index is -0.339. The lowest BCUT2D eigenvalue weighted by Gasteiger charge is -2.15. The molecule has 0 bridgehead atoms. The van der Waals surface area contributed by atoms with Crippen LogP contribution < -0.4 is 10.6 Å². The maximum Gasteiger partial charge on any atom is 0.302 e. The second-order valence-corrected chi connectivity index (χ2v) is 5.78. The number of nitrogens with one attached hydrogen (secondary N) is 2. The van der Waals surface area contributed by atoms with Crippen LogP contribution in [0.3, 0.4) is 0 Å². The number of hydrogen-bond donors (Lipinski definition) is 2. The van der Waals surface area contributed by atoms with Crippen LogP contribution in [0.2, 0.25) is 0 Å². The minimum Gasteiger partial charge on any atom is -0.461 e. The molecule has 2 N–H and O–H groups in total. The topological polar surface area (TPSA) is 84.5 Å². The van der Waals surface area contributed by atoms with Gasteiger partial charge in [-0.3, -0.25) is 14.4 Å². The van der Waals surface area contributed by atoms with Gasteiger partial charge in [-0.1, -0.05) is 32.9 Å². The Bertz CT molecular complexity index is 552. The maximum atomic E-state index is 11.8. The van der Waals surface area contributed by atoms with E-state index in [9.17, 15) is 14.4 Å². The van der Waals surface area contributed by atoms with Gasteiger partial charge < -0.3 is 15.4 Å². The van der Waals surface area contributed by atoms with E-state index in [0.29, 0.717) is 5.69 Å². The fraction of sp³-hybridized carbons (Fsp3) is 0.471. The molecule has 0 spiro atoms. The molecule has 0 aromatic heterocycles. The average Bonchev–Trinajstić information content (AvgIpc) is 2.51. The smallest absolute Gasteiger partial charge is 0.302 e. The van der Waals surface area contributed by atoms with Crippen molar-refractivity contribution in [2.45, 2.75) is 34.3 Å². The second kappa shape index (κ2) is 8.92. The van der Waals surface area contributed by atoms with Crippen molar-refractivity contribution in [1.29, 1.82) is 0 Å². The third-order valence-electron chi connectivity index (χ3n) is 3.52. The van der Waals surface area contributed by atoms with Crippen LogP contribution in [0.1, 0.15) is 33.3 Å². The van der Waals surface area contributed by atoms with Crippen LogP contribution in [0.15, 0.2) is 24.3 Å².